The van der Waals surface area contributed by atoms with Crippen molar-refractivity contribution in [1.82, 2.24) is 10.2 Å². The van der Waals surface area contributed by atoms with E-state index in [-0.39, 0.29) is 5.82 Å². The van der Waals surface area contributed by atoms with Gasteiger partial charge in [-0.05, 0) is 50.2 Å². The van der Waals surface area contributed by atoms with E-state index in [1.807, 2.05) is 12.1 Å². The van der Waals surface area contributed by atoms with Crippen molar-refractivity contribution in [2.45, 2.75) is 30.7 Å². The highest BCUT2D eigenvalue weighted by Crippen LogP contribution is 2.18. The van der Waals surface area contributed by atoms with Crippen molar-refractivity contribution in [2.24, 2.45) is 0 Å². The van der Waals surface area contributed by atoms with E-state index in [9.17, 15) is 4.39 Å². The summed E-state index contributed by atoms with van der Waals surface area (Å²) in [7, 11) is 0. The number of rotatable bonds is 7. The number of nitrogens with one attached hydrogen (secondary N) is 1. The Labute approximate surface area is 119 Å². The second kappa shape index (κ2) is 7.88. The summed E-state index contributed by atoms with van der Waals surface area (Å²) in [5, 5.41) is 3.55. The van der Waals surface area contributed by atoms with Crippen LogP contribution in [0.15, 0.2) is 29.2 Å². The monoisotopic (exact) mass is 282 g/mol. The Morgan fingerprint density at radius 3 is 2.79 bits per heavy atom. The van der Waals surface area contributed by atoms with Crippen molar-refractivity contribution in [3.8, 4) is 0 Å². The van der Waals surface area contributed by atoms with E-state index in [4.69, 9.17) is 0 Å². The zero-order valence-corrected chi connectivity index (χ0v) is 12.4. The van der Waals surface area contributed by atoms with Gasteiger partial charge in [0.1, 0.15) is 5.82 Å². The molecule has 2 nitrogen and oxygen atoms in total. The van der Waals surface area contributed by atoms with E-state index in [2.05, 4.69) is 17.1 Å². The Morgan fingerprint density at radius 2 is 2.16 bits per heavy atom. The van der Waals surface area contributed by atoms with Crippen LogP contribution in [0.3, 0.4) is 0 Å². The average molecular weight is 282 g/mol. The van der Waals surface area contributed by atoms with Gasteiger partial charge in [-0.3, -0.25) is 0 Å². The van der Waals surface area contributed by atoms with Crippen LogP contribution < -0.4 is 5.32 Å². The number of benzene rings is 1. The lowest BCUT2D eigenvalue weighted by Crippen LogP contribution is -2.38. The van der Waals surface area contributed by atoms with Gasteiger partial charge >= 0.3 is 0 Å². The number of hydrogen-bond donors (Lipinski definition) is 1. The molecular weight excluding hydrogens is 259 g/mol. The quantitative estimate of drug-likeness (QED) is 0.774. The van der Waals surface area contributed by atoms with Crippen LogP contribution in [0, 0.1) is 5.82 Å². The zero-order chi connectivity index (χ0) is 13.5. The van der Waals surface area contributed by atoms with Gasteiger partial charge < -0.3 is 10.2 Å². The molecule has 1 unspecified atom stereocenters. The van der Waals surface area contributed by atoms with Gasteiger partial charge in [-0.15, -0.1) is 11.8 Å². The summed E-state index contributed by atoms with van der Waals surface area (Å²) in [4.78, 5) is 3.65. The van der Waals surface area contributed by atoms with E-state index < -0.39 is 0 Å². The number of halogens is 1. The van der Waals surface area contributed by atoms with E-state index in [0.29, 0.717) is 6.04 Å². The van der Waals surface area contributed by atoms with Crippen molar-refractivity contribution in [3.05, 3.63) is 30.1 Å². The molecule has 106 valence electrons. The number of thioether (sulfide) groups is 1. The van der Waals surface area contributed by atoms with Crippen LogP contribution in [0.4, 0.5) is 4.39 Å². The molecule has 1 fully saturated rings. The lowest BCUT2D eigenvalue weighted by molar-refractivity contribution is 0.276. The molecule has 1 aromatic carbocycles. The maximum atomic E-state index is 12.8. The van der Waals surface area contributed by atoms with Gasteiger partial charge in [0, 0.05) is 29.8 Å². The van der Waals surface area contributed by atoms with Gasteiger partial charge in [-0.25, -0.2) is 4.39 Å². The number of nitrogens with zero attached hydrogens (tertiary/aromatic N) is 1. The first-order chi connectivity index (χ1) is 9.28. The van der Waals surface area contributed by atoms with Gasteiger partial charge in [0.15, 0.2) is 0 Å². The minimum Gasteiger partial charge on any atom is -0.313 e. The molecule has 0 spiro atoms. The topological polar surface area (TPSA) is 15.3 Å². The minimum atomic E-state index is -0.160. The van der Waals surface area contributed by atoms with Gasteiger partial charge in [0.05, 0.1) is 0 Å². The second-order valence-electron chi connectivity index (χ2n) is 4.99. The van der Waals surface area contributed by atoms with E-state index in [0.717, 1.165) is 30.3 Å². The summed E-state index contributed by atoms with van der Waals surface area (Å²) in [5.41, 5.74) is 0. The van der Waals surface area contributed by atoms with Crippen molar-refractivity contribution in [2.75, 3.05) is 31.9 Å². The molecule has 0 bridgehead atoms. The predicted molar refractivity (Wildman–Crippen MR) is 80.3 cm³/mol. The smallest absolute Gasteiger partial charge is 0.123 e. The predicted octanol–water partition coefficient (Wildman–Crippen LogP) is 2.99. The molecule has 1 aliphatic rings. The first kappa shape index (κ1) is 14.8. The highest BCUT2D eigenvalue weighted by atomic mass is 32.2. The molecule has 0 amide bonds. The van der Waals surface area contributed by atoms with Crippen LogP contribution in [0.25, 0.3) is 0 Å². The van der Waals surface area contributed by atoms with Crippen LogP contribution in [-0.4, -0.2) is 42.9 Å². The maximum absolute atomic E-state index is 12.8. The third kappa shape index (κ3) is 5.13. The van der Waals surface area contributed by atoms with Gasteiger partial charge in [0.25, 0.3) is 0 Å². The molecule has 0 aliphatic carbocycles. The van der Waals surface area contributed by atoms with Gasteiger partial charge in [0.2, 0.25) is 0 Å². The summed E-state index contributed by atoms with van der Waals surface area (Å²) >= 11 is 1.80. The molecule has 0 radical (unpaired) electrons. The molecule has 1 N–H and O–H groups in total. The fraction of sp³-hybridized carbons (Fsp3) is 0.600. The Bertz CT molecular complexity index is 363. The summed E-state index contributed by atoms with van der Waals surface area (Å²) in [5.74, 6) is 0.901. The third-order valence-electron chi connectivity index (χ3n) is 3.58. The Kier molecular flexibility index (Phi) is 6.14. The van der Waals surface area contributed by atoms with Crippen molar-refractivity contribution in [3.63, 3.8) is 0 Å². The molecule has 2 rings (SSSR count). The first-order valence-electron chi connectivity index (χ1n) is 7.12. The molecule has 4 heteroatoms. The third-order valence-corrected chi connectivity index (χ3v) is 4.57. The van der Waals surface area contributed by atoms with E-state index in [1.165, 1.54) is 31.5 Å². The zero-order valence-electron chi connectivity index (χ0n) is 11.6. The van der Waals surface area contributed by atoms with E-state index in [1.54, 1.807) is 11.8 Å². The molecule has 0 aromatic heterocycles. The summed E-state index contributed by atoms with van der Waals surface area (Å²) in [6.45, 7) is 6.74. The molecule has 1 heterocycles. The number of likely N-dealkylation sites (N-methyl/N-ethyl adjacent to an activating group) is 1. The van der Waals surface area contributed by atoms with Crippen molar-refractivity contribution in [1.29, 1.82) is 0 Å². The standard InChI is InChI=1S/C15H23FN2S/c1-2-18(12-14-4-3-9-17-14)10-11-19-15-7-5-13(16)6-8-15/h5-8,14,17H,2-4,9-12H2,1H3. The van der Waals surface area contributed by atoms with Crippen LogP contribution >= 0.6 is 11.8 Å². The molecule has 1 aliphatic heterocycles. The highest BCUT2D eigenvalue weighted by Gasteiger charge is 2.16. The average Bonchev–Trinajstić information content (AvgIpc) is 2.93. The summed E-state index contributed by atoms with van der Waals surface area (Å²) < 4.78 is 12.8. The van der Waals surface area contributed by atoms with Gasteiger partial charge in [-0.2, -0.15) is 0 Å². The molecule has 19 heavy (non-hydrogen) atoms. The Morgan fingerprint density at radius 1 is 1.37 bits per heavy atom. The largest absolute Gasteiger partial charge is 0.313 e. The normalized spacial score (nSPS) is 19.2. The van der Waals surface area contributed by atoms with Crippen LogP contribution in [0.1, 0.15) is 19.8 Å². The summed E-state index contributed by atoms with van der Waals surface area (Å²) in [6, 6.07) is 7.45. The molecule has 1 aromatic rings. The highest BCUT2D eigenvalue weighted by molar-refractivity contribution is 7.99. The fourth-order valence-electron chi connectivity index (χ4n) is 2.43. The second-order valence-corrected chi connectivity index (χ2v) is 6.16. The fourth-order valence-corrected chi connectivity index (χ4v) is 3.34. The maximum Gasteiger partial charge on any atom is 0.123 e. The minimum absolute atomic E-state index is 0.160. The van der Waals surface area contributed by atoms with Crippen molar-refractivity contribution >= 4 is 11.8 Å². The van der Waals surface area contributed by atoms with Crippen LogP contribution in [-0.2, 0) is 0 Å². The lowest BCUT2D eigenvalue weighted by Gasteiger charge is -2.23. The van der Waals surface area contributed by atoms with Crippen LogP contribution in [0.5, 0.6) is 0 Å². The SMILES string of the molecule is CCN(CCSc1ccc(F)cc1)CC1CCCN1. The Balaban J connectivity index is 1.69. The van der Waals surface area contributed by atoms with E-state index >= 15 is 0 Å². The lowest BCUT2D eigenvalue weighted by atomic mass is 10.2. The first-order valence-corrected chi connectivity index (χ1v) is 8.10. The van der Waals surface area contributed by atoms with Crippen molar-refractivity contribution < 1.29 is 4.39 Å². The Hall–Kier alpha value is -0.580. The number of hydrogen-bond acceptors (Lipinski definition) is 3. The summed E-state index contributed by atoms with van der Waals surface area (Å²) in [6.07, 6.45) is 2.62. The van der Waals surface area contributed by atoms with Gasteiger partial charge in [-0.1, -0.05) is 6.92 Å². The molecule has 1 saturated heterocycles. The van der Waals surface area contributed by atoms with Crippen LogP contribution in [0.2, 0.25) is 0 Å². The molecular formula is C15H23FN2S. The molecule has 0 saturated carbocycles. The molecule has 1 atom stereocenters.